The van der Waals surface area contributed by atoms with Crippen LogP contribution >= 0.6 is 23.2 Å². The van der Waals surface area contributed by atoms with Crippen molar-refractivity contribution in [2.45, 2.75) is 18.0 Å². The van der Waals surface area contributed by atoms with Gasteiger partial charge in [0.1, 0.15) is 0 Å². The Bertz CT molecular complexity index is 913. The number of nitrogens with zero attached hydrogens (tertiary/aromatic N) is 2. The molecule has 2 aromatic rings. The van der Waals surface area contributed by atoms with Gasteiger partial charge in [0.25, 0.3) is 0 Å². The molecule has 0 aliphatic rings. The fraction of sp³-hybridized carbons (Fsp3) is 0.278. The molecule has 0 bridgehead atoms. The molecule has 9 heteroatoms. The summed E-state index contributed by atoms with van der Waals surface area (Å²) < 4.78 is 25.4. The van der Waals surface area contributed by atoms with Crippen LogP contribution in [0.1, 0.15) is 11.1 Å². The van der Waals surface area contributed by atoms with E-state index in [9.17, 15) is 8.42 Å². The van der Waals surface area contributed by atoms with Gasteiger partial charge in [-0.2, -0.15) is 0 Å². The van der Waals surface area contributed by atoms with Crippen molar-refractivity contribution >= 4 is 39.2 Å². The summed E-state index contributed by atoms with van der Waals surface area (Å²) >= 11 is 12.1. The summed E-state index contributed by atoms with van der Waals surface area (Å²) in [5.74, 6) is 0.603. The zero-order valence-electron chi connectivity index (χ0n) is 15.3. The van der Waals surface area contributed by atoms with Crippen molar-refractivity contribution in [2.75, 3.05) is 21.1 Å². The van der Waals surface area contributed by atoms with E-state index in [-0.39, 0.29) is 4.90 Å². The standard InChI is InChI=1S/C18H22Cl2N4O2S/c1-21-18(23-12-14-6-7-15(19)10-17(14)20)22-11-13-4-8-16(9-5-13)27(25,26)24(2)3/h4-10H,11-12H2,1-3H3,(H2,21,22,23). The molecule has 0 unspecified atom stereocenters. The van der Waals surface area contributed by atoms with Crippen LogP contribution in [0.2, 0.25) is 10.0 Å². The zero-order valence-corrected chi connectivity index (χ0v) is 17.7. The molecule has 0 saturated carbocycles. The highest BCUT2D eigenvalue weighted by Crippen LogP contribution is 2.20. The van der Waals surface area contributed by atoms with Gasteiger partial charge in [0.05, 0.1) is 4.90 Å². The molecule has 146 valence electrons. The first-order valence-electron chi connectivity index (χ1n) is 8.14. The average Bonchev–Trinajstić information content (AvgIpc) is 2.63. The summed E-state index contributed by atoms with van der Waals surface area (Å²) in [5, 5.41) is 7.53. The lowest BCUT2D eigenvalue weighted by atomic mass is 10.2. The lowest BCUT2D eigenvalue weighted by Crippen LogP contribution is -2.36. The molecule has 0 amide bonds. The summed E-state index contributed by atoms with van der Waals surface area (Å²) in [5.41, 5.74) is 1.84. The average molecular weight is 429 g/mol. The van der Waals surface area contributed by atoms with E-state index in [4.69, 9.17) is 23.2 Å². The number of nitrogens with one attached hydrogen (secondary N) is 2. The zero-order chi connectivity index (χ0) is 20.0. The maximum atomic E-state index is 12.1. The van der Waals surface area contributed by atoms with E-state index in [2.05, 4.69) is 15.6 Å². The smallest absolute Gasteiger partial charge is 0.242 e. The summed E-state index contributed by atoms with van der Waals surface area (Å²) in [6.07, 6.45) is 0. The van der Waals surface area contributed by atoms with E-state index in [1.54, 1.807) is 43.4 Å². The maximum absolute atomic E-state index is 12.1. The molecule has 27 heavy (non-hydrogen) atoms. The molecule has 0 aliphatic carbocycles. The minimum Gasteiger partial charge on any atom is -0.352 e. The van der Waals surface area contributed by atoms with Crippen molar-refractivity contribution in [3.05, 3.63) is 63.6 Å². The minimum absolute atomic E-state index is 0.260. The number of aliphatic imine (C=N–C) groups is 1. The van der Waals surface area contributed by atoms with Gasteiger partial charge in [-0.15, -0.1) is 0 Å². The van der Waals surface area contributed by atoms with Crippen LogP contribution in [0.25, 0.3) is 0 Å². The fourth-order valence-electron chi connectivity index (χ4n) is 2.24. The summed E-state index contributed by atoms with van der Waals surface area (Å²) in [6, 6.07) is 12.1. The van der Waals surface area contributed by atoms with Crippen LogP contribution < -0.4 is 10.6 Å². The van der Waals surface area contributed by atoms with Crippen molar-refractivity contribution in [1.82, 2.24) is 14.9 Å². The second-order valence-electron chi connectivity index (χ2n) is 5.95. The van der Waals surface area contributed by atoms with Gasteiger partial charge in [-0.1, -0.05) is 41.4 Å². The quantitative estimate of drug-likeness (QED) is 0.547. The Hall–Kier alpha value is -1.80. The molecule has 0 radical (unpaired) electrons. The lowest BCUT2D eigenvalue weighted by molar-refractivity contribution is 0.520. The van der Waals surface area contributed by atoms with Gasteiger partial charge in [0.2, 0.25) is 10.0 Å². The molecule has 0 saturated heterocycles. The maximum Gasteiger partial charge on any atom is 0.242 e. The van der Waals surface area contributed by atoms with Crippen LogP contribution in [-0.4, -0.2) is 39.8 Å². The first kappa shape index (κ1) is 21.5. The number of hydrogen-bond acceptors (Lipinski definition) is 3. The largest absolute Gasteiger partial charge is 0.352 e. The molecule has 0 spiro atoms. The van der Waals surface area contributed by atoms with Gasteiger partial charge in [0.15, 0.2) is 5.96 Å². The monoisotopic (exact) mass is 428 g/mol. The number of sulfonamides is 1. The molecule has 2 rings (SSSR count). The van der Waals surface area contributed by atoms with E-state index in [0.29, 0.717) is 29.1 Å². The summed E-state index contributed by atoms with van der Waals surface area (Å²) in [7, 11) is 1.27. The van der Waals surface area contributed by atoms with E-state index < -0.39 is 10.0 Å². The van der Waals surface area contributed by atoms with E-state index in [1.165, 1.54) is 18.4 Å². The topological polar surface area (TPSA) is 73.8 Å². The molecule has 0 heterocycles. The highest BCUT2D eigenvalue weighted by atomic mass is 35.5. The van der Waals surface area contributed by atoms with Crippen molar-refractivity contribution in [1.29, 1.82) is 0 Å². The highest BCUT2D eigenvalue weighted by molar-refractivity contribution is 7.89. The molecule has 0 aliphatic heterocycles. The number of benzene rings is 2. The molecule has 2 aromatic carbocycles. The lowest BCUT2D eigenvalue weighted by Gasteiger charge is -2.14. The van der Waals surface area contributed by atoms with Gasteiger partial charge >= 0.3 is 0 Å². The molecule has 0 atom stereocenters. The number of hydrogen-bond donors (Lipinski definition) is 2. The van der Waals surface area contributed by atoms with E-state index >= 15 is 0 Å². The minimum atomic E-state index is -3.42. The summed E-state index contributed by atoms with van der Waals surface area (Å²) in [4.78, 5) is 4.43. The Morgan fingerprint density at radius 1 is 1.04 bits per heavy atom. The van der Waals surface area contributed by atoms with Crippen molar-refractivity contribution < 1.29 is 8.42 Å². The third kappa shape index (κ3) is 5.84. The molecular formula is C18H22Cl2N4O2S. The van der Waals surface area contributed by atoms with Crippen LogP contribution in [0, 0.1) is 0 Å². The third-order valence-corrected chi connectivity index (χ3v) is 6.26. The van der Waals surface area contributed by atoms with Crippen LogP contribution in [0.4, 0.5) is 0 Å². The second kappa shape index (κ2) is 9.41. The first-order chi connectivity index (χ1) is 12.7. The highest BCUT2D eigenvalue weighted by Gasteiger charge is 2.16. The molecule has 6 nitrogen and oxygen atoms in total. The fourth-order valence-corrected chi connectivity index (χ4v) is 3.62. The van der Waals surface area contributed by atoms with Gasteiger partial charge in [-0.05, 0) is 35.4 Å². The molecule has 0 aromatic heterocycles. The first-order valence-corrected chi connectivity index (χ1v) is 10.3. The number of rotatable bonds is 6. The van der Waals surface area contributed by atoms with Crippen molar-refractivity contribution in [3.63, 3.8) is 0 Å². The van der Waals surface area contributed by atoms with Crippen LogP contribution in [0.3, 0.4) is 0 Å². The Morgan fingerprint density at radius 3 is 2.22 bits per heavy atom. The normalized spacial score (nSPS) is 12.3. The van der Waals surface area contributed by atoms with Gasteiger partial charge in [-0.25, -0.2) is 12.7 Å². The molecule has 2 N–H and O–H groups in total. The summed E-state index contributed by atoms with van der Waals surface area (Å²) in [6.45, 7) is 0.992. The second-order valence-corrected chi connectivity index (χ2v) is 8.94. The number of guanidine groups is 1. The van der Waals surface area contributed by atoms with Crippen LogP contribution in [0.15, 0.2) is 52.4 Å². The van der Waals surface area contributed by atoms with Crippen LogP contribution in [-0.2, 0) is 23.1 Å². The Morgan fingerprint density at radius 2 is 1.67 bits per heavy atom. The van der Waals surface area contributed by atoms with Gasteiger partial charge in [-0.3, -0.25) is 4.99 Å². The van der Waals surface area contributed by atoms with E-state index in [1.807, 2.05) is 6.07 Å². The SMILES string of the molecule is CN=C(NCc1ccc(S(=O)(=O)N(C)C)cc1)NCc1ccc(Cl)cc1Cl. The number of halogens is 2. The third-order valence-electron chi connectivity index (χ3n) is 3.85. The molecule has 0 fully saturated rings. The Balaban J connectivity index is 1.94. The van der Waals surface area contributed by atoms with Crippen molar-refractivity contribution in [3.8, 4) is 0 Å². The van der Waals surface area contributed by atoms with E-state index in [0.717, 1.165) is 11.1 Å². The Kier molecular flexibility index (Phi) is 7.49. The van der Waals surface area contributed by atoms with Crippen LogP contribution in [0.5, 0.6) is 0 Å². The molecular weight excluding hydrogens is 407 g/mol. The predicted octanol–water partition coefficient (Wildman–Crippen LogP) is 3.11. The van der Waals surface area contributed by atoms with Crippen molar-refractivity contribution in [2.24, 2.45) is 4.99 Å². The van der Waals surface area contributed by atoms with Gasteiger partial charge < -0.3 is 10.6 Å². The predicted molar refractivity (Wildman–Crippen MR) is 111 cm³/mol. The van der Waals surface area contributed by atoms with Gasteiger partial charge in [0, 0.05) is 44.3 Å². The Labute approximate surface area is 170 Å².